The topological polar surface area (TPSA) is 12.5 Å². The Hall–Kier alpha value is 0.390. The summed E-state index contributed by atoms with van der Waals surface area (Å²) in [5.41, 5.74) is 0.109. The summed E-state index contributed by atoms with van der Waals surface area (Å²) in [7, 11) is 2.67. The smallest absolute Gasteiger partial charge is 0.108 e. The molecule has 1 saturated heterocycles. The highest BCUT2D eigenvalue weighted by atomic mass is 31.0. The molecule has 2 unspecified atom stereocenters. The van der Waals surface area contributed by atoms with Gasteiger partial charge in [0.2, 0.25) is 0 Å². The van der Waals surface area contributed by atoms with Crippen LogP contribution in [0.5, 0.6) is 0 Å². The maximum atomic E-state index is 5.25. The van der Waals surface area contributed by atoms with Crippen LogP contribution in [-0.2, 0) is 4.74 Å². The minimum atomic E-state index is 0.0625. The fraction of sp³-hybridized carbons (Fsp3) is 1.00. The van der Waals surface area contributed by atoms with E-state index in [-0.39, 0.29) is 10.9 Å². The summed E-state index contributed by atoms with van der Waals surface area (Å²) in [6.07, 6.45) is 0. The summed E-state index contributed by atoms with van der Waals surface area (Å²) in [4.78, 5) is 0. The van der Waals surface area contributed by atoms with Crippen LogP contribution in [0.4, 0.5) is 0 Å². The van der Waals surface area contributed by atoms with Crippen molar-refractivity contribution in [2.75, 3.05) is 0 Å². The summed E-state index contributed by atoms with van der Waals surface area (Å²) in [6.45, 7) is 6.23. The SMILES string of the molecule is CC1(C)OC1(C)P. The van der Waals surface area contributed by atoms with Crippen molar-refractivity contribution in [3.8, 4) is 0 Å². The van der Waals surface area contributed by atoms with Gasteiger partial charge in [-0.1, -0.05) is 0 Å². The Morgan fingerprint density at radius 2 is 1.43 bits per heavy atom. The average Bonchev–Trinajstić information content (AvgIpc) is 1.63. The zero-order valence-electron chi connectivity index (χ0n) is 4.99. The molecule has 0 aromatic heterocycles. The molecule has 1 aliphatic heterocycles. The van der Waals surface area contributed by atoms with E-state index < -0.39 is 0 Å². The second kappa shape index (κ2) is 1.04. The minimum Gasteiger partial charge on any atom is -0.359 e. The van der Waals surface area contributed by atoms with Crippen LogP contribution in [-0.4, -0.2) is 10.9 Å². The molecule has 0 radical (unpaired) electrons. The van der Waals surface area contributed by atoms with Crippen LogP contribution in [0.25, 0.3) is 0 Å². The molecule has 0 saturated carbocycles. The van der Waals surface area contributed by atoms with E-state index in [0.717, 1.165) is 0 Å². The van der Waals surface area contributed by atoms with Gasteiger partial charge in [-0.05, 0) is 20.8 Å². The third kappa shape index (κ3) is 0.687. The molecule has 1 aliphatic rings. The third-order valence-corrected chi connectivity index (χ3v) is 2.43. The quantitative estimate of drug-likeness (QED) is 0.346. The summed E-state index contributed by atoms with van der Waals surface area (Å²) >= 11 is 0. The van der Waals surface area contributed by atoms with Gasteiger partial charge in [0.1, 0.15) is 5.34 Å². The molecule has 0 amide bonds. The Labute approximate surface area is 46.6 Å². The summed E-state index contributed by atoms with van der Waals surface area (Å²) < 4.78 is 5.25. The van der Waals surface area contributed by atoms with Gasteiger partial charge in [0.05, 0.1) is 5.60 Å². The van der Waals surface area contributed by atoms with Gasteiger partial charge < -0.3 is 4.74 Å². The van der Waals surface area contributed by atoms with E-state index in [1.807, 2.05) is 0 Å². The van der Waals surface area contributed by atoms with Crippen LogP contribution >= 0.6 is 9.24 Å². The number of epoxide rings is 1. The Kier molecular flexibility index (Phi) is 0.817. The average molecular weight is 118 g/mol. The molecule has 2 atom stereocenters. The van der Waals surface area contributed by atoms with Gasteiger partial charge in [-0.15, -0.1) is 9.24 Å². The van der Waals surface area contributed by atoms with Gasteiger partial charge in [0, 0.05) is 0 Å². The molecule has 42 valence electrons. The summed E-state index contributed by atoms with van der Waals surface area (Å²) in [5.74, 6) is 0. The Morgan fingerprint density at radius 1 is 1.29 bits per heavy atom. The fourth-order valence-corrected chi connectivity index (χ4v) is 0.799. The van der Waals surface area contributed by atoms with Crippen LogP contribution in [0.3, 0.4) is 0 Å². The van der Waals surface area contributed by atoms with Gasteiger partial charge >= 0.3 is 0 Å². The standard InChI is InChI=1S/C5H11OP/c1-4(2)5(3,7)6-4/h7H2,1-3H3. The molecule has 7 heavy (non-hydrogen) atoms. The van der Waals surface area contributed by atoms with Gasteiger partial charge in [0.15, 0.2) is 0 Å². The minimum absolute atomic E-state index is 0.0625. The van der Waals surface area contributed by atoms with E-state index in [2.05, 4.69) is 30.0 Å². The normalized spacial score (nSPS) is 46.3. The number of ether oxygens (including phenoxy) is 1. The highest BCUT2D eigenvalue weighted by Crippen LogP contribution is 2.51. The Balaban J connectivity index is 2.59. The Bertz CT molecular complexity index is 84.3. The molecule has 1 rings (SSSR count). The molecular weight excluding hydrogens is 107 g/mol. The predicted molar refractivity (Wildman–Crippen MR) is 33.3 cm³/mol. The van der Waals surface area contributed by atoms with Crippen LogP contribution in [0.15, 0.2) is 0 Å². The van der Waals surface area contributed by atoms with Crippen molar-refractivity contribution in [2.45, 2.75) is 31.7 Å². The molecule has 0 bridgehead atoms. The molecule has 0 spiro atoms. The van der Waals surface area contributed by atoms with E-state index in [4.69, 9.17) is 4.74 Å². The van der Waals surface area contributed by atoms with Gasteiger partial charge in [-0.3, -0.25) is 0 Å². The molecule has 1 nitrogen and oxygen atoms in total. The first kappa shape index (κ1) is 5.53. The third-order valence-electron chi connectivity index (χ3n) is 1.62. The fourth-order valence-electron chi connectivity index (χ4n) is 0.505. The van der Waals surface area contributed by atoms with Crippen LogP contribution in [0.2, 0.25) is 0 Å². The van der Waals surface area contributed by atoms with Crippen molar-refractivity contribution in [3.63, 3.8) is 0 Å². The maximum Gasteiger partial charge on any atom is 0.108 e. The monoisotopic (exact) mass is 118 g/mol. The number of hydrogen-bond acceptors (Lipinski definition) is 1. The van der Waals surface area contributed by atoms with Crippen LogP contribution < -0.4 is 0 Å². The van der Waals surface area contributed by atoms with Gasteiger partial charge in [0.25, 0.3) is 0 Å². The second-order valence-corrected chi connectivity index (χ2v) is 3.82. The molecule has 0 aromatic carbocycles. The molecule has 2 heteroatoms. The lowest BCUT2D eigenvalue weighted by atomic mass is 10.1. The van der Waals surface area contributed by atoms with Crippen molar-refractivity contribution in [2.24, 2.45) is 0 Å². The van der Waals surface area contributed by atoms with E-state index in [1.165, 1.54) is 0 Å². The van der Waals surface area contributed by atoms with Crippen molar-refractivity contribution in [1.82, 2.24) is 0 Å². The molecular formula is C5H11OP. The maximum absolute atomic E-state index is 5.25. The van der Waals surface area contributed by atoms with E-state index in [1.54, 1.807) is 0 Å². The van der Waals surface area contributed by atoms with Crippen molar-refractivity contribution < 1.29 is 4.74 Å². The molecule has 0 aliphatic carbocycles. The zero-order valence-corrected chi connectivity index (χ0v) is 6.14. The summed E-state index contributed by atoms with van der Waals surface area (Å²) in [5, 5.41) is 0.0625. The molecule has 0 aromatic rings. The largest absolute Gasteiger partial charge is 0.359 e. The Morgan fingerprint density at radius 3 is 1.43 bits per heavy atom. The molecule has 1 heterocycles. The first-order valence-corrected chi connectivity index (χ1v) is 3.02. The van der Waals surface area contributed by atoms with Crippen LogP contribution in [0, 0.1) is 0 Å². The predicted octanol–water partition coefficient (Wildman–Crippen LogP) is 1.39. The summed E-state index contributed by atoms with van der Waals surface area (Å²) in [6, 6.07) is 0. The van der Waals surface area contributed by atoms with E-state index in [9.17, 15) is 0 Å². The highest BCUT2D eigenvalue weighted by molar-refractivity contribution is 7.19. The van der Waals surface area contributed by atoms with E-state index >= 15 is 0 Å². The van der Waals surface area contributed by atoms with Gasteiger partial charge in [-0.2, -0.15) is 0 Å². The molecule has 1 fully saturated rings. The first-order valence-electron chi connectivity index (χ1n) is 2.45. The number of hydrogen-bond donors (Lipinski definition) is 0. The first-order chi connectivity index (χ1) is 2.96. The molecule has 0 N–H and O–H groups in total. The van der Waals surface area contributed by atoms with Gasteiger partial charge in [-0.25, -0.2) is 0 Å². The van der Waals surface area contributed by atoms with Crippen molar-refractivity contribution in [1.29, 1.82) is 0 Å². The second-order valence-electron chi connectivity index (χ2n) is 2.72. The highest BCUT2D eigenvalue weighted by Gasteiger charge is 2.56. The number of rotatable bonds is 0. The zero-order chi connectivity index (χ0) is 5.71. The van der Waals surface area contributed by atoms with Crippen LogP contribution in [0.1, 0.15) is 20.8 Å². The van der Waals surface area contributed by atoms with Crippen molar-refractivity contribution in [3.05, 3.63) is 0 Å². The lowest BCUT2D eigenvalue weighted by molar-refractivity contribution is 0.320. The van der Waals surface area contributed by atoms with Crippen molar-refractivity contribution >= 4 is 9.24 Å². The lowest BCUT2D eigenvalue weighted by Crippen LogP contribution is -2.06. The van der Waals surface area contributed by atoms with E-state index in [0.29, 0.717) is 0 Å². The lowest BCUT2D eigenvalue weighted by Gasteiger charge is -1.95.